The molecule has 60 valence electrons. The molecule has 0 amide bonds. The number of aryl methyl sites for hydroxylation is 1. The maximum atomic E-state index is 2.66. The Bertz CT molecular complexity index is 313. The molecule has 12 heavy (non-hydrogen) atoms. The van der Waals surface area contributed by atoms with Gasteiger partial charge in [0.15, 0.2) is 0 Å². The van der Waals surface area contributed by atoms with Crippen molar-refractivity contribution in [2.45, 2.75) is 18.1 Å². The summed E-state index contributed by atoms with van der Waals surface area (Å²) in [4.78, 5) is 0. The second-order valence-electron chi connectivity index (χ2n) is 3.16. The van der Waals surface area contributed by atoms with Crippen molar-refractivity contribution in [1.29, 1.82) is 0 Å². The molecule has 0 saturated heterocycles. The van der Waals surface area contributed by atoms with Gasteiger partial charge < -0.3 is 0 Å². The average Bonchev–Trinajstić information content (AvgIpc) is 2.17. The number of hydrogen-bond donors (Lipinski definition) is 0. The topological polar surface area (TPSA) is 0 Å². The molecular weight excluding hydrogens is 207 g/mol. The van der Waals surface area contributed by atoms with Crippen molar-refractivity contribution in [2.24, 2.45) is 0 Å². The summed E-state index contributed by atoms with van der Waals surface area (Å²) >= 11 is 2.66. The van der Waals surface area contributed by atoms with E-state index in [1.165, 1.54) is 24.0 Å². The van der Waals surface area contributed by atoms with Gasteiger partial charge in [0.05, 0.1) is 0 Å². The van der Waals surface area contributed by atoms with Crippen LogP contribution in [0.15, 0.2) is 29.8 Å². The van der Waals surface area contributed by atoms with Crippen LogP contribution in [0.2, 0.25) is 5.21 Å². The number of benzene rings is 1. The predicted octanol–water partition coefficient (Wildman–Crippen LogP) is 2.60. The van der Waals surface area contributed by atoms with E-state index < -0.39 is 0 Å². The van der Waals surface area contributed by atoms with Crippen LogP contribution in [0.4, 0.5) is 0 Å². The molecule has 0 atom stereocenters. The molecule has 1 aromatic rings. The molecule has 1 heteroatoms. The van der Waals surface area contributed by atoms with Gasteiger partial charge in [0.2, 0.25) is 0 Å². The van der Waals surface area contributed by atoms with Crippen molar-refractivity contribution < 1.29 is 0 Å². The van der Waals surface area contributed by atoms with Gasteiger partial charge in [-0.15, -0.1) is 0 Å². The zero-order chi connectivity index (χ0) is 8.39. The third-order valence-corrected chi connectivity index (χ3v) is 3.19. The van der Waals surface area contributed by atoms with E-state index in [1.807, 2.05) is 0 Å². The van der Waals surface area contributed by atoms with Crippen molar-refractivity contribution in [3.63, 3.8) is 0 Å². The van der Waals surface area contributed by atoms with Crippen molar-refractivity contribution in [3.8, 4) is 0 Å². The van der Waals surface area contributed by atoms with Gasteiger partial charge in [0.25, 0.3) is 0 Å². The third-order valence-electron chi connectivity index (χ3n) is 2.33. The average molecular weight is 218 g/mol. The standard InChI is InChI=1S/C11H11As/c12-8-9-5-6-10-3-1-2-4-11(10)7-9/h1-4,7H,5-6,8H2. The van der Waals surface area contributed by atoms with Crippen molar-refractivity contribution in [3.05, 3.63) is 41.0 Å². The molecule has 1 aromatic carbocycles. The first-order chi connectivity index (χ1) is 5.90. The molecule has 0 aromatic heterocycles. The summed E-state index contributed by atoms with van der Waals surface area (Å²) in [5, 5.41) is 1.14. The van der Waals surface area contributed by atoms with Gasteiger partial charge in [-0.25, -0.2) is 0 Å². The molecular formula is C11H11As. The summed E-state index contributed by atoms with van der Waals surface area (Å²) in [6.45, 7) is 0. The fourth-order valence-electron chi connectivity index (χ4n) is 1.61. The van der Waals surface area contributed by atoms with E-state index in [2.05, 4.69) is 47.2 Å². The van der Waals surface area contributed by atoms with E-state index in [0.717, 1.165) is 5.21 Å². The Balaban J connectivity index is 2.41. The Kier molecular flexibility index (Phi) is 2.37. The van der Waals surface area contributed by atoms with E-state index >= 15 is 0 Å². The normalized spacial score (nSPS) is 15.2. The van der Waals surface area contributed by atoms with Crippen LogP contribution in [0, 0.1) is 0 Å². The number of rotatable bonds is 1. The Morgan fingerprint density at radius 3 is 2.83 bits per heavy atom. The maximum absolute atomic E-state index is 2.66. The first-order valence-electron chi connectivity index (χ1n) is 4.28. The van der Waals surface area contributed by atoms with Crippen LogP contribution in [0.1, 0.15) is 17.5 Å². The first kappa shape index (κ1) is 8.13. The van der Waals surface area contributed by atoms with Crippen molar-refractivity contribution in [2.75, 3.05) is 0 Å². The summed E-state index contributed by atoms with van der Waals surface area (Å²) in [6, 6.07) is 8.67. The van der Waals surface area contributed by atoms with Crippen LogP contribution in [-0.4, -0.2) is 16.9 Å². The van der Waals surface area contributed by atoms with E-state index in [-0.39, 0.29) is 0 Å². The van der Waals surface area contributed by atoms with Gasteiger partial charge in [-0.05, 0) is 0 Å². The molecule has 0 aliphatic heterocycles. The molecule has 0 unspecified atom stereocenters. The Morgan fingerprint density at radius 1 is 1.17 bits per heavy atom. The molecule has 0 N–H and O–H groups in total. The van der Waals surface area contributed by atoms with Crippen LogP contribution in [-0.2, 0) is 6.42 Å². The molecule has 2 radical (unpaired) electrons. The Labute approximate surface area is 82.2 Å². The molecule has 1 aliphatic carbocycles. The molecule has 1 aliphatic rings. The van der Waals surface area contributed by atoms with E-state index in [4.69, 9.17) is 0 Å². The predicted molar refractivity (Wildman–Crippen MR) is 53.3 cm³/mol. The summed E-state index contributed by atoms with van der Waals surface area (Å²) in [6.07, 6.45) is 4.79. The van der Waals surface area contributed by atoms with Crippen LogP contribution in [0.3, 0.4) is 0 Å². The zero-order valence-electron chi connectivity index (χ0n) is 6.96. The second kappa shape index (κ2) is 3.49. The molecule has 0 nitrogen and oxygen atoms in total. The van der Waals surface area contributed by atoms with Crippen molar-refractivity contribution >= 4 is 22.9 Å². The van der Waals surface area contributed by atoms with Gasteiger partial charge in [0.1, 0.15) is 0 Å². The SMILES string of the molecule is [As]CC1=Cc2ccccc2CC1. The number of fused-ring (bicyclic) bond motifs is 1. The van der Waals surface area contributed by atoms with Gasteiger partial charge in [-0.3, -0.25) is 0 Å². The molecule has 0 fully saturated rings. The van der Waals surface area contributed by atoms with E-state index in [9.17, 15) is 0 Å². The fraction of sp³-hybridized carbons (Fsp3) is 0.273. The van der Waals surface area contributed by atoms with E-state index in [0.29, 0.717) is 0 Å². The second-order valence-corrected chi connectivity index (χ2v) is 3.82. The Hall–Kier alpha value is -0.482. The summed E-state index contributed by atoms with van der Waals surface area (Å²) < 4.78 is 0. The minimum absolute atomic E-state index is 1.14. The molecule has 0 spiro atoms. The molecule has 0 saturated carbocycles. The van der Waals surface area contributed by atoms with Gasteiger partial charge in [-0.2, -0.15) is 0 Å². The number of allylic oxidation sites excluding steroid dienone is 1. The first-order valence-corrected chi connectivity index (χ1v) is 5.61. The summed E-state index contributed by atoms with van der Waals surface area (Å²) in [5.41, 5.74) is 4.49. The molecule has 0 heterocycles. The number of hydrogen-bond acceptors (Lipinski definition) is 0. The van der Waals surface area contributed by atoms with Crippen LogP contribution in [0.25, 0.3) is 6.08 Å². The summed E-state index contributed by atoms with van der Waals surface area (Å²) in [7, 11) is 0. The van der Waals surface area contributed by atoms with Crippen LogP contribution >= 0.6 is 0 Å². The molecule has 2 rings (SSSR count). The van der Waals surface area contributed by atoms with Gasteiger partial charge in [-0.1, -0.05) is 0 Å². The van der Waals surface area contributed by atoms with Gasteiger partial charge >= 0.3 is 81.9 Å². The van der Waals surface area contributed by atoms with Gasteiger partial charge in [0, 0.05) is 0 Å². The third kappa shape index (κ3) is 1.49. The fourth-order valence-corrected chi connectivity index (χ4v) is 2.14. The Morgan fingerprint density at radius 2 is 2.00 bits per heavy atom. The molecule has 0 bridgehead atoms. The summed E-state index contributed by atoms with van der Waals surface area (Å²) in [5.74, 6) is 0. The van der Waals surface area contributed by atoms with Crippen LogP contribution < -0.4 is 0 Å². The zero-order valence-corrected chi connectivity index (χ0v) is 8.83. The monoisotopic (exact) mass is 218 g/mol. The quantitative estimate of drug-likeness (QED) is 0.635. The van der Waals surface area contributed by atoms with E-state index in [1.54, 1.807) is 5.57 Å². The van der Waals surface area contributed by atoms with Crippen LogP contribution in [0.5, 0.6) is 0 Å². The minimum atomic E-state index is 1.14. The van der Waals surface area contributed by atoms with Crippen molar-refractivity contribution in [1.82, 2.24) is 0 Å².